The Bertz CT molecular complexity index is 937. The molecular formula is C17H14ClFN2O3. The molecule has 2 heterocycles. The van der Waals surface area contributed by atoms with E-state index in [0.29, 0.717) is 28.2 Å². The van der Waals surface area contributed by atoms with Gasteiger partial charge in [0.2, 0.25) is 0 Å². The average Bonchev–Trinajstić information content (AvgIpc) is 3.01. The number of fused-ring (bicyclic) bond motifs is 1. The number of rotatable bonds is 3. The van der Waals surface area contributed by atoms with Gasteiger partial charge in [-0.1, -0.05) is 11.6 Å². The van der Waals surface area contributed by atoms with E-state index >= 15 is 0 Å². The molecule has 124 valence electrons. The molecule has 3 rings (SSSR count). The van der Waals surface area contributed by atoms with Crippen LogP contribution in [0, 0.1) is 5.82 Å². The van der Waals surface area contributed by atoms with Crippen LogP contribution in [0.15, 0.2) is 34.9 Å². The van der Waals surface area contributed by atoms with E-state index in [2.05, 4.69) is 4.98 Å². The molecule has 0 aliphatic carbocycles. The monoisotopic (exact) mass is 348 g/mol. The second kappa shape index (κ2) is 6.13. The van der Waals surface area contributed by atoms with Crippen LogP contribution in [0.5, 0.6) is 5.75 Å². The summed E-state index contributed by atoms with van der Waals surface area (Å²) in [5.74, 6) is 0.0873. The predicted octanol–water partition coefficient (Wildman–Crippen LogP) is 4.00. The van der Waals surface area contributed by atoms with Crippen molar-refractivity contribution in [3.63, 3.8) is 0 Å². The van der Waals surface area contributed by atoms with Gasteiger partial charge < -0.3 is 14.1 Å². The van der Waals surface area contributed by atoms with Crippen molar-refractivity contribution >= 4 is 28.6 Å². The lowest BCUT2D eigenvalue weighted by molar-refractivity contribution is 0.0827. The van der Waals surface area contributed by atoms with Crippen LogP contribution in [0.4, 0.5) is 4.39 Å². The highest BCUT2D eigenvalue weighted by molar-refractivity contribution is 6.34. The van der Waals surface area contributed by atoms with E-state index in [1.54, 1.807) is 38.4 Å². The number of aromatic nitrogens is 1. The number of hydrogen-bond acceptors (Lipinski definition) is 4. The zero-order valence-electron chi connectivity index (χ0n) is 13.3. The Morgan fingerprint density at radius 1 is 1.33 bits per heavy atom. The first kappa shape index (κ1) is 16.3. The number of benzene rings is 1. The summed E-state index contributed by atoms with van der Waals surface area (Å²) < 4.78 is 24.5. The minimum absolute atomic E-state index is 0.121. The van der Waals surface area contributed by atoms with Gasteiger partial charge in [-0.25, -0.2) is 9.37 Å². The number of nitrogens with zero attached hydrogens (tertiary/aromatic N) is 2. The third kappa shape index (κ3) is 2.69. The molecule has 3 aromatic rings. The van der Waals surface area contributed by atoms with Crippen LogP contribution < -0.4 is 4.74 Å². The Morgan fingerprint density at radius 3 is 2.75 bits per heavy atom. The van der Waals surface area contributed by atoms with Gasteiger partial charge >= 0.3 is 0 Å². The van der Waals surface area contributed by atoms with Crippen LogP contribution in [0.1, 0.15) is 10.4 Å². The van der Waals surface area contributed by atoms with E-state index in [0.717, 1.165) is 6.20 Å². The topological polar surface area (TPSA) is 55.6 Å². The molecule has 0 bridgehead atoms. The van der Waals surface area contributed by atoms with Gasteiger partial charge in [0.15, 0.2) is 11.4 Å². The minimum atomic E-state index is -0.649. The van der Waals surface area contributed by atoms with Gasteiger partial charge in [0, 0.05) is 25.7 Å². The maximum atomic E-state index is 13.5. The maximum absolute atomic E-state index is 13.5. The van der Waals surface area contributed by atoms with Crippen LogP contribution in [0.2, 0.25) is 5.02 Å². The normalized spacial score (nSPS) is 10.9. The molecule has 5 nitrogen and oxygen atoms in total. The lowest BCUT2D eigenvalue weighted by Crippen LogP contribution is -2.21. The highest BCUT2D eigenvalue weighted by Crippen LogP contribution is 2.36. The molecule has 0 N–H and O–H groups in total. The van der Waals surface area contributed by atoms with E-state index in [-0.39, 0.29) is 16.5 Å². The quantitative estimate of drug-likeness (QED) is 0.718. The molecule has 0 atom stereocenters. The number of halogens is 2. The first-order valence-electron chi connectivity index (χ1n) is 7.06. The van der Waals surface area contributed by atoms with Gasteiger partial charge in [-0.3, -0.25) is 4.79 Å². The number of carbonyl (C=O) groups excluding carboxylic acids is 1. The van der Waals surface area contributed by atoms with Crippen molar-refractivity contribution in [2.75, 3.05) is 21.2 Å². The van der Waals surface area contributed by atoms with Gasteiger partial charge in [-0.15, -0.1) is 0 Å². The first-order valence-corrected chi connectivity index (χ1v) is 7.43. The summed E-state index contributed by atoms with van der Waals surface area (Å²) in [5.41, 5.74) is 1.70. The van der Waals surface area contributed by atoms with Crippen molar-refractivity contribution in [1.82, 2.24) is 9.88 Å². The summed E-state index contributed by atoms with van der Waals surface area (Å²) in [7, 11) is 4.84. The van der Waals surface area contributed by atoms with Gasteiger partial charge in [-0.2, -0.15) is 0 Å². The smallest absolute Gasteiger partial charge is 0.253 e. The molecule has 1 amide bonds. The van der Waals surface area contributed by atoms with Crippen molar-refractivity contribution in [1.29, 1.82) is 0 Å². The summed E-state index contributed by atoms with van der Waals surface area (Å²) >= 11 is 5.91. The fourth-order valence-electron chi connectivity index (χ4n) is 2.34. The molecule has 0 unspecified atom stereocenters. The number of hydrogen-bond donors (Lipinski definition) is 0. The van der Waals surface area contributed by atoms with Crippen molar-refractivity contribution < 1.29 is 18.3 Å². The highest BCUT2D eigenvalue weighted by atomic mass is 35.5. The molecule has 0 spiro atoms. The van der Waals surface area contributed by atoms with Crippen molar-refractivity contribution in [3.05, 3.63) is 46.9 Å². The predicted molar refractivity (Wildman–Crippen MR) is 89.0 cm³/mol. The number of amides is 1. The largest absolute Gasteiger partial charge is 0.496 e. The van der Waals surface area contributed by atoms with E-state index in [1.807, 2.05) is 0 Å². The van der Waals surface area contributed by atoms with Crippen molar-refractivity contribution in [2.24, 2.45) is 0 Å². The molecule has 24 heavy (non-hydrogen) atoms. The SMILES string of the molecule is COc1cc(C(=O)N(C)C)ccc1-c1cc2ncc(F)c(Cl)c2o1. The average molecular weight is 349 g/mol. The van der Waals surface area contributed by atoms with Gasteiger partial charge in [0.1, 0.15) is 22.0 Å². The highest BCUT2D eigenvalue weighted by Gasteiger charge is 2.18. The standard InChI is InChI=1S/C17H14ClFN2O3/c1-21(2)17(22)9-4-5-10(13(6-9)23-3)14-7-12-16(24-14)15(18)11(19)8-20-12/h4-8H,1-3H3. The second-order valence-electron chi connectivity index (χ2n) is 5.36. The summed E-state index contributed by atoms with van der Waals surface area (Å²) in [5, 5.41) is -0.121. The van der Waals surface area contributed by atoms with Crippen LogP contribution in [-0.4, -0.2) is 37.0 Å². The van der Waals surface area contributed by atoms with Crippen LogP contribution in [-0.2, 0) is 0 Å². The summed E-state index contributed by atoms with van der Waals surface area (Å²) in [6, 6.07) is 6.65. The van der Waals surface area contributed by atoms with Crippen molar-refractivity contribution in [3.8, 4) is 17.1 Å². The molecule has 0 aliphatic heterocycles. The Kier molecular flexibility index (Phi) is 4.15. The minimum Gasteiger partial charge on any atom is -0.496 e. The molecule has 0 saturated heterocycles. The van der Waals surface area contributed by atoms with Crippen LogP contribution >= 0.6 is 11.6 Å². The molecule has 0 fully saturated rings. The van der Waals surface area contributed by atoms with E-state index in [9.17, 15) is 9.18 Å². The number of pyridine rings is 1. The van der Waals surface area contributed by atoms with Gasteiger partial charge in [0.25, 0.3) is 5.91 Å². The van der Waals surface area contributed by atoms with Gasteiger partial charge in [0.05, 0.1) is 18.9 Å². The molecular weight excluding hydrogens is 335 g/mol. The molecule has 2 aromatic heterocycles. The Balaban J connectivity index is 2.12. The lowest BCUT2D eigenvalue weighted by Gasteiger charge is -2.12. The van der Waals surface area contributed by atoms with E-state index in [4.69, 9.17) is 20.8 Å². The maximum Gasteiger partial charge on any atom is 0.253 e. The van der Waals surface area contributed by atoms with Crippen LogP contribution in [0.3, 0.4) is 0 Å². The lowest BCUT2D eigenvalue weighted by atomic mass is 10.1. The zero-order chi connectivity index (χ0) is 17.4. The molecule has 0 saturated carbocycles. The Morgan fingerprint density at radius 2 is 2.08 bits per heavy atom. The summed E-state index contributed by atoms with van der Waals surface area (Å²) in [4.78, 5) is 17.5. The van der Waals surface area contributed by atoms with E-state index in [1.165, 1.54) is 12.0 Å². The third-order valence-electron chi connectivity index (χ3n) is 3.56. The molecule has 0 radical (unpaired) electrons. The summed E-state index contributed by atoms with van der Waals surface area (Å²) in [6.45, 7) is 0. The van der Waals surface area contributed by atoms with Gasteiger partial charge in [-0.05, 0) is 18.2 Å². The van der Waals surface area contributed by atoms with Crippen LogP contribution in [0.25, 0.3) is 22.4 Å². The second-order valence-corrected chi connectivity index (χ2v) is 5.74. The molecule has 1 aromatic carbocycles. The fraction of sp³-hybridized carbons (Fsp3) is 0.176. The van der Waals surface area contributed by atoms with E-state index < -0.39 is 5.82 Å². The first-order chi connectivity index (χ1) is 11.4. The molecule has 7 heteroatoms. The number of furan rings is 1. The Labute approximate surface area is 142 Å². The Hall–Kier alpha value is -2.60. The number of methoxy groups -OCH3 is 1. The summed E-state index contributed by atoms with van der Waals surface area (Å²) in [6.07, 6.45) is 1.04. The number of ether oxygens (including phenoxy) is 1. The van der Waals surface area contributed by atoms with Crippen molar-refractivity contribution in [2.45, 2.75) is 0 Å². The number of carbonyl (C=O) groups is 1. The zero-order valence-corrected chi connectivity index (χ0v) is 14.0. The third-order valence-corrected chi connectivity index (χ3v) is 3.91. The fourth-order valence-corrected chi connectivity index (χ4v) is 2.53. The molecule has 0 aliphatic rings.